The van der Waals surface area contributed by atoms with Crippen LogP contribution in [0.25, 0.3) is 33.4 Å². The van der Waals surface area contributed by atoms with E-state index in [-0.39, 0.29) is 11.2 Å². The van der Waals surface area contributed by atoms with E-state index >= 15 is 0 Å². The molecule has 118 valence electrons. The lowest BCUT2D eigenvalue weighted by Crippen LogP contribution is -2.00. The van der Waals surface area contributed by atoms with Gasteiger partial charge in [-0.25, -0.2) is 0 Å². The smallest absolute Gasteiger partial charge is 0.182 e. The number of phenolic OH excluding ortho intramolecular Hbond substituents is 1. The lowest BCUT2D eigenvalue weighted by atomic mass is 9.91. The molecule has 0 saturated heterocycles. The molecule has 0 unspecified atom stereocenters. The molecular formula is C20H15NO3. The molecule has 2 aromatic carbocycles. The largest absolute Gasteiger partial charge is 0.508 e. The zero-order chi connectivity index (χ0) is 16.8. The molecule has 1 heterocycles. The Hall–Kier alpha value is -3.27. The fraction of sp³-hybridized carbons (Fsp3) is 0.0500. The van der Waals surface area contributed by atoms with Crippen LogP contribution in [0, 0.1) is 6.92 Å². The van der Waals surface area contributed by atoms with Crippen molar-refractivity contribution in [3.63, 3.8) is 0 Å². The summed E-state index contributed by atoms with van der Waals surface area (Å²) in [7, 11) is 0. The van der Waals surface area contributed by atoms with Gasteiger partial charge < -0.3 is 15.3 Å². The van der Waals surface area contributed by atoms with Gasteiger partial charge in [0.1, 0.15) is 17.1 Å². The second-order valence-electron chi connectivity index (χ2n) is 5.89. The first-order chi connectivity index (χ1) is 11.5. The van der Waals surface area contributed by atoms with Gasteiger partial charge >= 0.3 is 0 Å². The van der Waals surface area contributed by atoms with Crippen molar-refractivity contribution < 1.29 is 9.52 Å². The first kappa shape index (κ1) is 14.3. The molecule has 4 nitrogen and oxygen atoms in total. The van der Waals surface area contributed by atoms with Crippen LogP contribution in [0.5, 0.6) is 5.75 Å². The fourth-order valence-electron chi connectivity index (χ4n) is 3.06. The lowest BCUT2D eigenvalue weighted by molar-refractivity contribution is 0.474. The van der Waals surface area contributed by atoms with E-state index in [0.29, 0.717) is 17.0 Å². The molecule has 3 N–H and O–H groups in total. The zero-order valence-corrected chi connectivity index (χ0v) is 13.0. The summed E-state index contributed by atoms with van der Waals surface area (Å²) in [6, 6.07) is 15.5. The standard InChI is InChI=1S/C20H15NO3/c1-11-2-3-12(21)8-17(11)20-15-6-4-13(22)9-18(15)24-19-10-14(23)5-7-16(19)20/h2-10,22H,21H2,1H3. The molecule has 0 fully saturated rings. The van der Waals surface area contributed by atoms with Crippen LogP contribution in [0.3, 0.4) is 0 Å². The average molecular weight is 317 g/mol. The van der Waals surface area contributed by atoms with Crippen LogP contribution in [0.1, 0.15) is 5.56 Å². The Labute approximate surface area is 138 Å². The van der Waals surface area contributed by atoms with E-state index < -0.39 is 0 Å². The summed E-state index contributed by atoms with van der Waals surface area (Å²) in [6.07, 6.45) is 0. The Morgan fingerprint density at radius 3 is 2.62 bits per heavy atom. The second kappa shape index (κ2) is 5.13. The molecular weight excluding hydrogens is 302 g/mol. The second-order valence-corrected chi connectivity index (χ2v) is 5.89. The molecule has 4 rings (SSSR count). The van der Waals surface area contributed by atoms with Gasteiger partial charge in [-0.05, 0) is 54.4 Å². The number of aromatic hydroxyl groups is 1. The van der Waals surface area contributed by atoms with Gasteiger partial charge in [0.2, 0.25) is 0 Å². The average Bonchev–Trinajstić information content (AvgIpc) is 2.55. The Balaban J connectivity index is 2.23. The Bertz CT molecular complexity index is 1110. The highest BCUT2D eigenvalue weighted by atomic mass is 16.3. The van der Waals surface area contributed by atoms with E-state index in [2.05, 4.69) is 0 Å². The summed E-state index contributed by atoms with van der Waals surface area (Å²) in [5.41, 5.74) is 10.9. The maximum atomic E-state index is 11.7. The molecule has 24 heavy (non-hydrogen) atoms. The van der Waals surface area contributed by atoms with Crippen molar-refractivity contribution in [1.29, 1.82) is 0 Å². The van der Waals surface area contributed by atoms with Crippen molar-refractivity contribution in [3.8, 4) is 28.2 Å². The molecule has 0 bridgehead atoms. The number of anilines is 1. The molecule has 2 aliphatic rings. The van der Waals surface area contributed by atoms with Crippen molar-refractivity contribution >= 4 is 16.7 Å². The fourth-order valence-corrected chi connectivity index (χ4v) is 3.06. The molecule has 0 atom stereocenters. The molecule has 0 aromatic heterocycles. The molecule has 1 aliphatic heterocycles. The Kier molecular flexibility index (Phi) is 3.06. The van der Waals surface area contributed by atoms with Gasteiger partial charge in [-0.3, -0.25) is 4.79 Å². The highest BCUT2D eigenvalue weighted by Crippen LogP contribution is 2.42. The van der Waals surface area contributed by atoms with Crippen molar-refractivity contribution in [1.82, 2.24) is 0 Å². The summed E-state index contributed by atoms with van der Waals surface area (Å²) in [4.78, 5) is 11.7. The summed E-state index contributed by atoms with van der Waals surface area (Å²) in [6.45, 7) is 2.01. The number of hydrogen-bond donors (Lipinski definition) is 2. The van der Waals surface area contributed by atoms with E-state index in [4.69, 9.17) is 10.2 Å². The van der Waals surface area contributed by atoms with Crippen molar-refractivity contribution in [2.24, 2.45) is 0 Å². The first-order valence-corrected chi connectivity index (χ1v) is 7.59. The number of benzene rings is 3. The van der Waals surface area contributed by atoms with Crippen LogP contribution >= 0.6 is 0 Å². The van der Waals surface area contributed by atoms with Gasteiger partial charge in [-0.1, -0.05) is 6.07 Å². The highest BCUT2D eigenvalue weighted by Gasteiger charge is 2.18. The maximum Gasteiger partial charge on any atom is 0.182 e. The third-order valence-corrected chi connectivity index (χ3v) is 4.21. The van der Waals surface area contributed by atoms with Crippen LogP contribution in [0.2, 0.25) is 0 Å². The molecule has 0 radical (unpaired) electrons. The van der Waals surface area contributed by atoms with E-state index in [1.807, 2.05) is 31.2 Å². The quantitative estimate of drug-likeness (QED) is 0.408. The first-order valence-electron chi connectivity index (χ1n) is 7.59. The number of rotatable bonds is 1. The number of nitrogens with two attached hydrogens (primary N) is 1. The monoisotopic (exact) mass is 317 g/mol. The maximum absolute atomic E-state index is 11.7. The van der Waals surface area contributed by atoms with E-state index in [1.54, 1.807) is 18.2 Å². The minimum Gasteiger partial charge on any atom is -0.508 e. The SMILES string of the molecule is Cc1ccc(N)cc1-c1c2ccc(=O)cc-2oc2cc(O)ccc12. The molecule has 2 aromatic rings. The topological polar surface area (TPSA) is 76.5 Å². The molecule has 0 saturated carbocycles. The summed E-state index contributed by atoms with van der Waals surface area (Å²) in [5, 5.41) is 10.6. The minimum absolute atomic E-state index is 0.110. The number of fused-ring (bicyclic) bond motifs is 2. The molecule has 0 amide bonds. The van der Waals surface area contributed by atoms with Gasteiger partial charge in [0.25, 0.3) is 0 Å². The number of hydrogen-bond acceptors (Lipinski definition) is 4. The molecule has 0 spiro atoms. The van der Waals surface area contributed by atoms with Crippen molar-refractivity contribution in [3.05, 3.63) is 70.4 Å². The summed E-state index contributed by atoms with van der Waals surface area (Å²) in [5.74, 6) is 0.594. The van der Waals surface area contributed by atoms with Crippen LogP contribution in [-0.2, 0) is 0 Å². The van der Waals surface area contributed by atoms with Crippen molar-refractivity contribution in [2.75, 3.05) is 5.73 Å². The summed E-state index contributed by atoms with van der Waals surface area (Å²) < 4.78 is 5.85. The van der Waals surface area contributed by atoms with E-state index in [0.717, 1.165) is 27.6 Å². The Morgan fingerprint density at radius 1 is 0.958 bits per heavy atom. The van der Waals surface area contributed by atoms with E-state index in [1.165, 1.54) is 12.1 Å². The molecule has 1 aliphatic carbocycles. The third-order valence-electron chi connectivity index (χ3n) is 4.21. The Morgan fingerprint density at radius 2 is 1.79 bits per heavy atom. The van der Waals surface area contributed by atoms with Gasteiger partial charge in [0.05, 0.1) is 0 Å². The van der Waals surface area contributed by atoms with Gasteiger partial charge in [-0.15, -0.1) is 0 Å². The van der Waals surface area contributed by atoms with E-state index in [9.17, 15) is 9.90 Å². The van der Waals surface area contributed by atoms with Crippen LogP contribution in [0.4, 0.5) is 5.69 Å². The zero-order valence-electron chi connectivity index (χ0n) is 13.0. The van der Waals surface area contributed by atoms with Crippen molar-refractivity contribution in [2.45, 2.75) is 6.92 Å². The minimum atomic E-state index is -0.124. The lowest BCUT2D eigenvalue weighted by Gasteiger charge is -2.17. The highest BCUT2D eigenvalue weighted by molar-refractivity contribution is 6.03. The normalized spacial score (nSPS) is 11.2. The van der Waals surface area contributed by atoms with Crippen LogP contribution in [0.15, 0.2) is 63.8 Å². The number of nitrogen functional groups attached to an aromatic ring is 1. The van der Waals surface area contributed by atoms with Crippen LogP contribution < -0.4 is 11.2 Å². The van der Waals surface area contributed by atoms with Gasteiger partial charge in [0, 0.05) is 34.3 Å². The predicted molar refractivity (Wildman–Crippen MR) is 95.4 cm³/mol. The summed E-state index contributed by atoms with van der Waals surface area (Å²) >= 11 is 0. The van der Waals surface area contributed by atoms with Gasteiger partial charge in [0.15, 0.2) is 5.43 Å². The van der Waals surface area contributed by atoms with Crippen LogP contribution in [-0.4, -0.2) is 5.11 Å². The molecule has 4 heteroatoms. The third kappa shape index (κ3) is 2.20. The van der Waals surface area contributed by atoms with Gasteiger partial charge in [-0.2, -0.15) is 0 Å². The number of aryl methyl sites for hydroxylation is 1. The predicted octanol–water partition coefficient (Wildman–Crippen LogP) is 4.16. The number of phenols is 1.